The average Bonchev–Trinajstić information content (AvgIpc) is 2.44. The van der Waals surface area contributed by atoms with Gasteiger partial charge in [-0.3, -0.25) is 0 Å². The maximum absolute atomic E-state index is 5.86. The van der Waals surface area contributed by atoms with Crippen LogP contribution < -0.4 is 10.6 Å². The third kappa shape index (κ3) is 1.62. The quantitative estimate of drug-likeness (QED) is 0.772. The highest BCUT2D eigenvalue weighted by Gasteiger charge is 2.26. The van der Waals surface area contributed by atoms with Crippen LogP contribution in [0.3, 0.4) is 0 Å². The van der Waals surface area contributed by atoms with Crippen LogP contribution in [0, 0.1) is 0 Å². The van der Waals surface area contributed by atoms with Gasteiger partial charge < -0.3 is 10.6 Å². The Morgan fingerprint density at radius 3 is 2.93 bits per heavy atom. The Hall–Kier alpha value is -1.02. The summed E-state index contributed by atoms with van der Waals surface area (Å²) in [6.45, 7) is 3.20. The van der Waals surface area contributed by atoms with Crippen molar-refractivity contribution >= 4 is 5.69 Å². The maximum atomic E-state index is 5.86. The lowest BCUT2D eigenvalue weighted by Gasteiger charge is -2.14. The Morgan fingerprint density at radius 1 is 1.50 bits per heavy atom. The smallest absolute Gasteiger partial charge is 0.0399 e. The summed E-state index contributed by atoms with van der Waals surface area (Å²) in [4.78, 5) is 2.32. The third-order valence-electron chi connectivity index (χ3n) is 2.94. The fourth-order valence-electron chi connectivity index (χ4n) is 2.36. The van der Waals surface area contributed by atoms with Crippen LogP contribution >= 0.6 is 0 Å². The summed E-state index contributed by atoms with van der Waals surface area (Å²) in [6, 6.07) is 8.93. The van der Waals surface area contributed by atoms with Crippen LogP contribution in [-0.4, -0.2) is 19.6 Å². The fraction of sp³-hybridized carbons (Fsp3) is 0.500. The largest absolute Gasteiger partial charge is 0.374 e. The third-order valence-corrected chi connectivity index (χ3v) is 2.94. The summed E-state index contributed by atoms with van der Waals surface area (Å²) in [5, 5.41) is 0. The van der Waals surface area contributed by atoms with Gasteiger partial charge in [0.1, 0.15) is 0 Å². The first-order valence-corrected chi connectivity index (χ1v) is 5.24. The first-order valence-electron chi connectivity index (χ1n) is 5.24. The first-order chi connectivity index (χ1) is 6.68. The van der Waals surface area contributed by atoms with E-state index in [0.717, 1.165) is 13.0 Å². The van der Waals surface area contributed by atoms with Crippen molar-refractivity contribution in [3.63, 3.8) is 0 Å². The lowest BCUT2D eigenvalue weighted by molar-refractivity contribution is 0.572. The molecule has 0 spiro atoms. The van der Waals surface area contributed by atoms with E-state index < -0.39 is 0 Å². The van der Waals surface area contributed by atoms with Crippen molar-refractivity contribution in [1.29, 1.82) is 0 Å². The number of rotatable bonds is 2. The summed E-state index contributed by atoms with van der Waals surface area (Å²) in [6.07, 6.45) is 1.08. The van der Waals surface area contributed by atoms with Gasteiger partial charge in [-0.2, -0.15) is 0 Å². The van der Waals surface area contributed by atoms with Crippen LogP contribution in [0.2, 0.25) is 0 Å². The second-order valence-corrected chi connectivity index (χ2v) is 4.35. The number of likely N-dealkylation sites (N-methyl/N-ethyl adjacent to an activating group) is 1. The monoisotopic (exact) mass is 190 g/mol. The van der Waals surface area contributed by atoms with Gasteiger partial charge in [0.15, 0.2) is 0 Å². The predicted molar refractivity (Wildman–Crippen MR) is 60.7 cm³/mol. The SMILES string of the molecule is CC(N)CC1CN(C)c2ccccc21. The Labute approximate surface area is 85.7 Å². The minimum atomic E-state index is 0.291. The van der Waals surface area contributed by atoms with Crippen molar-refractivity contribution in [2.75, 3.05) is 18.5 Å². The molecule has 0 radical (unpaired) electrons. The minimum absolute atomic E-state index is 0.291. The number of hydrogen-bond acceptors (Lipinski definition) is 2. The van der Waals surface area contributed by atoms with Crippen molar-refractivity contribution in [2.24, 2.45) is 5.73 Å². The highest BCUT2D eigenvalue weighted by Crippen LogP contribution is 2.37. The Balaban J connectivity index is 2.25. The van der Waals surface area contributed by atoms with E-state index in [4.69, 9.17) is 5.73 Å². The number of fused-ring (bicyclic) bond motifs is 1. The number of nitrogens with zero attached hydrogens (tertiary/aromatic N) is 1. The summed E-state index contributed by atoms with van der Waals surface area (Å²) in [5.74, 6) is 0.621. The predicted octanol–water partition coefficient (Wildman–Crippen LogP) is 1.96. The van der Waals surface area contributed by atoms with E-state index in [1.54, 1.807) is 0 Å². The van der Waals surface area contributed by atoms with Crippen LogP contribution in [0.5, 0.6) is 0 Å². The normalized spacial score (nSPS) is 22.2. The van der Waals surface area contributed by atoms with Gasteiger partial charge in [-0.05, 0) is 25.0 Å². The highest BCUT2D eigenvalue weighted by molar-refractivity contribution is 5.59. The molecule has 0 aliphatic carbocycles. The Morgan fingerprint density at radius 2 is 2.21 bits per heavy atom. The summed E-state index contributed by atoms with van der Waals surface area (Å²) in [7, 11) is 2.15. The van der Waals surface area contributed by atoms with E-state index in [0.29, 0.717) is 12.0 Å². The van der Waals surface area contributed by atoms with Gasteiger partial charge in [-0.15, -0.1) is 0 Å². The van der Waals surface area contributed by atoms with Crippen LogP contribution in [0.4, 0.5) is 5.69 Å². The molecule has 2 rings (SSSR count). The number of nitrogens with two attached hydrogens (primary N) is 1. The molecular formula is C12H18N2. The molecule has 1 aromatic rings. The molecule has 1 aromatic carbocycles. The van der Waals surface area contributed by atoms with Crippen LogP contribution in [0.1, 0.15) is 24.8 Å². The molecule has 2 nitrogen and oxygen atoms in total. The Bertz CT molecular complexity index is 318. The zero-order valence-electron chi connectivity index (χ0n) is 8.90. The molecule has 1 aliphatic heterocycles. The van der Waals surface area contributed by atoms with E-state index in [1.807, 2.05) is 0 Å². The molecule has 0 saturated heterocycles. The van der Waals surface area contributed by atoms with Crippen molar-refractivity contribution in [1.82, 2.24) is 0 Å². The van der Waals surface area contributed by atoms with Crippen LogP contribution in [-0.2, 0) is 0 Å². The van der Waals surface area contributed by atoms with E-state index >= 15 is 0 Å². The molecule has 2 heteroatoms. The molecule has 14 heavy (non-hydrogen) atoms. The van der Waals surface area contributed by atoms with Gasteiger partial charge in [0.05, 0.1) is 0 Å². The Kier molecular flexibility index (Phi) is 2.46. The number of benzene rings is 1. The second kappa shape index (κ2) is 3.62. The van der Waals surface area contributed by atoms with E-state index in [9.17, 15) is 0 Å². The highest BCUT2D eigenvalue weighted by atomic mass is 15.1. The standard InChI is InChI=1S/C12H18N2/c1-9(13)7-10-8-14(2)12-6-4-3-5-11(10)12/h3-6,9-10H,7-8,13H2,1-2H3. The number of hydrogen-bond donors (Lipinski definition) is 1. The van der Waals surface area contributed by atoms with Gasteiger partial charge in [0, 0.05) is 31.2 Å². The van der Waals surface area contributed by atoms with Crippen molar-refractivity contribution in [3.8, 4) is 0 Å². The average molecular weight is 190 g/mol. The van der Waals surface area contributed by atoms with Gasteiger partial charge in [-0.1, -0.05) is 18.2 Å². The molecular weight excluding hydrogens is 172 g/mol. The van der Waals surface area contributed by atoms with Crippen molar-refractivity contribution in [2.45, 2.75) is 25.3 Å². The van der Waals surface area contributed by atoms with Gasteiger partial charge in [0.25, 0.3) is 0 Å². The molecule has 0 amide bonds. The lowest BCUT2D eigenvalue weighted by Crippen LogP contribution is -2.22. The van der Waals surface area contributed by atoms with E-state index in [-0.39, 0.29) is 0 Å². The molecule has 0 aromatic heterocycles. The molecule has 76 valence electrons. The van der Waals surface area contributed by atoms with Gasteiger partial charge in [0.2, 0.25) is 0 Å². The van der Waals surface area contributed by atoms with Crippen LogP contribution in [0.15, 0.2) is 24.3 Å². The summed E-state index contributed by atoms with van der Waals surface area (Å²) >= 11 is 0. The van der Waals surface area contributed by atoms with Crippen molar-refractivity contribution < 1.29 is 0 Å². The second-order valence-electron chi connectivity index (χ2n) is 4.35. The number of para-hydroxylation sites is 1. The summed E-state index contributed by atoms with van der Waals surface area (Å²) < 4.78 is 0. The summed E-state index contributed by atoms with van der Waals surface area (Å²) in [5.41, 5.74) is 8.69. The molecule has 1 aliphatic rings. The van der Waals surface area contributed by atoms with E-state index in [2.05, 4.69) is 43.1 Å². The molecule has 0 bridgehead atoms. The maximum Gasteiger partial charge on any atom is 0.0399 e. The van der Waals surface area contributed by atoms with Crippen LogP contribution in [0.25, 0.3) is 0 Å². The molecule has 2 atom stereocenters. The molecule has 2 unspecified atom stereocenters. The fourth-order valence-corrected chi connectivity index (χ4v) is 2.36. The lowest BCUT2D eigenvalue weighted by atomic mass is 9.95. The van der Waals surface area contributed by atoms with E-state index in [1.165, 1.54) is 11.3 Å². The number of anilines is 1. The molecule has 0 fully saturated rings. The van der Waals surface area contributed by atoms with Gasteiger partial charge >= 0.3 is 0 Å². The minimum Gasteiger partial charge on any atom is -0.374 e. The topological polar surface area (TPSA) is 29.3 Å². The first kappa shape index (κ1) is 9.53. The molecule has 0 saturated carbocycles. The molecule has 2 N–H and O–H groups in total. The molecule has 1 heterocycles. The zero-order chi connectivity index (χ0) is 10.1. The van der Waals surface area contributed by atoms with Crippen molar-refractivity contribution in [3.05, 3.63) is 29.8 Å². The van der Waals surface area contributed by atoms with Gasteiger partial charge in [-0.25, -0.2) is 0 Å². The zero-order valence-corrected chi connectivity index (χ0v) is 8.90.